The van der Waals surface area contributed by atoms with Gasteiger partial charge in [-0.15, -0.1) is 10.2 Å². The maximum Gasteiger partial charge on any atom is 0.301 e. The summed E-state index contributed by atoms with van der Waals surface area (Å²) in [4.78, 5) is 27.8. The van der Waals surface area contributed by atoms with Crippen LogP contribution in [0.15, 0.2) is 54.1 Å². The maximum atomic E-state index is 13.3. The second kappa shape index (κ2) is 11.3. The quantitative estimate of drug-likeness (QED) is 0.169. The standard InChI is InChI=1S/C27H29N3O5S/c1-4-6-10-15-35-20-14-13-19(16-21(20)34-5-2)23-22(24(31)18-11-8-7-9-12-18)25(32)26(33)30(23)27-29-28-17(3)36-27/h7-9,11-14,16,23,31H,4-6,10,15H2,1-3H3/b24-22+. The van der Waals surface area contributed by atoms with E-state index < -0.39 is 17.7 Å². The number of anilines is 1. The maximum absolute atomic E-state index is 13.3. The summed E-state index contributed by atoms with van der Waals surface area (Å²) in [6.45, 7) is 6.75. The number of aliphatic hydroxyl groups is 1. The molecule has 0 spiro atoms. The molecule has 4 rings (SSSR count). The van der Waals surface area contributed by atoms with Crippen LogP contribution in [0.4, 0.5) is 5.13 Å². The molecule has 1 aliphatic heterocycles. The number of hydrogen-bond donors (Lipinski definition) is 1. The number of hydrogen-bond acceptors (Lipinski definition) is 8. The summed E-state index contributed by atoms with van der Waals surface area (Å²) in [5.41, 5.74) is 1.01. The average Bonchev–Trinajstić information content (AvgIpc) is 3.43. The number of carbonyl (C=O) groups is 2. The van der Waals surface area contributed by atoms with E-state index in [1.807, 2.05) is 13.0 Å². The summed E-state index contributed by atoms with van der Waals surface area (Å²) < 4.78 is 11.8. The molecule has 1 aromatic heterocycles. The molecule has 0 saturated carbocycles. The summed E-state index contributed by atoms with van der Waals surface area (Å²) in [6.07, 6.45) is 3.08. The Balaban J connectivity index is 1.83. The summed E-state index contributed by atoms with van der Waals surface area (Å²) in [7, 11) is 0. The molecule has 0 aliphatic carbocycles. The number of ether oxygens (including phenoxy) is 2. The van der Waals surface area contributed by atoms with E-state index in [1.165, 1.54) is 16.2 Å². The van der Waals surface area contributed by atoms with Gasteiger partial charge in [-0.1, -0.05) is 67.5 Å². The van der Waals surface area contributed by atoms with Crippen molar-refractivity contribution >= 4 is 33.9 Å². The van der Waals surface area contributed by atoms with Crippen molar-refractivity contribution in [2.75, 3.05) is 18.1 Å². The molecule has 8 nitrogen and oxygen atoms in total. The van der Waals surface area contributed by atoms with E-state index in [2.05, 4.69) is 17.1 Å². The highest BCUT2D eigenvalue weighted by molar-refractivity contribution is 7.15. The lowest BCUT2D eigenvalue weighted by Crippen LogP contribution is -2.29. The SMILES string of the molecule is CCCCCOc1ccc(C2/C(=C(\O)c3ccccc3)C(=O)C(=O)N2c2nnc(C)s2)cc1OCC. The molecule has 2 heterocycles. The third-order valence-electron chi connectivity index (χ3n) is 5.80. The van der Waals surface area contributed by atoms with Crippen molar-refractivity contribution < 1.29 is 24.2 Å². The Bertz CT molecular complexity index is 1270. The first-order valence-electron chi connectivity index (χ1n) is 12.0. The molecule has 188 valence electrons. The number of ketones is 1. The Morgan fingerprint density at radius 2 is 1.81 bits per heavy atom. The molecule has 1 atom stereocenters. The van der Waals surface area contributed by atoms with Gasteiger partial charge in [-0.25, -0.2) is 0 Å². The second-order valence-corrected chi connectivity index (χ2v) is 9.49. The van der Waals surface area contributed by atoms with Crippen molar-refractivity contribution in [3.63, 3.8) is 0 Å². The van der Waals surface area contributed by atoms with Crippen molar-refractivity contribution in [1.82, 2.24) is 10.2 Å². The van der Waals surface area contributed by atoms with Gasteiger partial charge in [-0.05, 0) is 38.0 Å². The number of aryl methyl sites for hydroxylation is 1. The van der Waals surface area contributed by atoms with Crippen molar-refractivity contribution in [1.29, 1.82) is 0 Å². The number of amides is 1. The minimum Gasteiger partial charge on any atom is -0.507 e. The lowest BCUT2D eigenvalue weighted by Gasteiger charge is -2.23. The van der Waals surface area contributed by atoms with Gasteiger partial charge >= 0.3 is 5.91 Å². The van der Waals surface area contributed by atoms with Gasteiger partial charge in [-0.3, -0.25) is 14.5 Å². The summed E-state index contributed by atoms with van der Waals surface area (Å²) in [5, 5.41) is 20.3. The third kappa shape index (κ3) is 5.11. The first kappa shape index (κ1) is 25.4. The fourth-order valence-electron chi connectivity index (χ4n) is 4.10. The number of aromatic nitrogens is 2. The van der Waals surface area contributed by atoms with Crippen molar-refractivity contribution in [3.05, 3.63) is 70.2 Å². The molecule has 1 fully saturated rings. The Hall–Kier alpha value is -3.72. The van der Waals surface area contributed by atoms with E-state index in [0.29, 0.717) is 40.8 Å². The highest BCUT2D eigenvalue weighted by atomic mass is 32.1. The molecule has 0 radical (unpaired) electrons. The molecule has 2 aromatic carbocycles. The van der Waals surface area contributed by atoms with Crippen LogP contribution in [0.3, 0.4) is 0 Å². The lowest BCUT2D eigenvalue weighted by molar-refractivity contribution is -0.132. The van der Waals surface area contributed by atoms with Gasteiger partial charge in [-0.2, -0.15) is 0 Å². The van der Waals surface area contributed by atoms with Crippen molar-refractivity contribution in [2.45, 2.75) is 46.1 Å². The highest BCUT2D eigenvalue weighted by Gasteiger charge is 2.48. The number of Topliss-reactive ketones (excluding diaryl/α,β-unsaturated/α-hetero) is 1. The minimum atomic E-state index is -0.911. The fraction of sp³-hybridized carbons (Fsp3) is 0.333. The molecule has 36 heavy (non-hydrogen) atoms. The van der Waals surface area contributed by atoms with Crippen LogP contribution in [0.25, 0.3) is 5.76 Å². The molecule has 1 N–H and O–H groups in total. The average molecular weight is 508 g/mol. The van der Waals surface area contributed by atoms with Crippen LogP contribution >= 0.6 is 11.3 Å². The summed E-state index contributed by atoms with van der Waals surface area (Å²) in [5.74, 6) is -0.715. The first-order chi connectivity index (χ1) is 17.5. The Kier molecular flexibility index (Phi) is 8.00. The summed E-state index contributed by atoms with van der Waals surface area (Å²) >= 11 is 1.20. The van der Waals surface area contributed by atoms with Crippen LogP contribution in [0, 0.1) is 6.92 Å². The van der Waals surface area contributed by atoms with E-state index in [4.69, 9.17) is 9.47 Å². The van der Waals surface area contributed by atoms with E-state index >= 15 is 0 Å². The van der Waals surface area contributed by atoms with Crippen LogP contribution in [0.2, 0.25) is 0 Å². The van der Waals surface area contributed by atoms with Crippen LogP contribution < -0.4 is 14.4 Å². The lowest BCUT2D eigenvalue weighted by atomic mass is 9.95. The minimum absolute atomic E-state index is 0.0156. The molecule has 9 heteroatoms. The number of unbranched alkanes of at least 4 members (excludes halogenated alkanes) is 2. The highest BCUT2D eigenvalue weighted by Crippen LogP contribution is 2.44. The molecular weight excluding hydrogens is 478 g/mol. The van der Waals surface area contributed by atoms with E-state index in [9.17, 15) is 14.7 Å². The van der Waals surface area contributed by atoms with Gasteiger partial charge in [0.05, 0.1) is 24.8 Å². The van der Waals surface area contributed by atoms with E-state index in [0.717, 1.165) is 19.3 Å². The van der Waals surface area contributed by atoms with Gasteiger partial charge in [0, 0.05) is 5.56 Å². The van der Waals surface area contributed by atoms with E-state index in [-0.39, 0.29) is 16.5 Å². The molecule has 1 saturated heterocycles. The van der Waals surface area contributed by atoms with E-state index in [1.54, 1.807) is 49.4 Å². The second-order valence-electron chi connectivity index (χ2n) is 8.33. The number of nitrogens with zero attached hydrogens (tertiary/aromatic N) is 3. The molecule has 1 aliphatic rings. The van der Waals surface area contributed by atoms with Gasteiger partial charge in [0.25, 0.3) is 5.78 Å². The van der Waals surface area contributed by atoms with Gasteiger partial charge in [0.15, 0.2) is 11.5 Å². The monoisotopic (exact) mass is 507 g/mol. The fourth-order valence-corrected chi connectivity index (χ4v) is 4.81. The number of carbonyl (C=O) groups excluding carboxylic acids is 2. The zero-order chi connectivity index (χ0) is 25.7. The van der Waals surface area contributed by atoms with Crippen LogP contribution in [0.5, 0.6) is 11.5 Å². The van der Waals surface area contributed by atoms with Crippen LogP contribution in [-0.4, -0.2) is 40.2 Å². The Morgan fingerprint density at radius 3 is 2.47 bits per heavy atom. The van der Waals surface area contributed by atoms with Crippen LogP contribution in [-0.2, 0) is 9.59 Å². The molecule has 1 unspecified atom stereocenters. The number of benzene rings is 2. The molecule has 1 amide bonds. The van der Waals surface area contributed by atoms with Crippen molar-refractivity contribution in [3.8, 4) is 11.5 Å². The Morgan fingerprint density at radius 1 is 1.03 bits per heavy atom. The molecular formula is C27H29N3O5S. The smallest absolute Gasteiger partial charge is 0.301 e. The molecule has 0 bridgehead atoms. The van der Waals surface area contributed by atoms with Gasteiger partial charge in [0.2, 0.25) is 5.13 Å². The van der Waals surface area contributed by atoms with Crippen molar-refractivity contribution in [2.24, 2.45) is 0 Å². The normalized spacial score (nSPS) is 17.0. The van der Waals surface area contributed by atoms with Gasteiger partial charge < -0.3 is 14.6 Å². The van der Waals surface area contributed by atoms with Crippen LogP contribution in [0.1, 0.15) is 55.3 Å². The number of aliphatic hydroxyl groups excluding tert-OH is 1. The summed E-state index contributed by atoms with van der Waals surface area (Å²) in [6, 6.07) is 13.1. The third-order valence-corrected chi connectivity index (χ3v) is 6.64. The predicted octanol–water partition coefficient (Wildman–Crippen LogP) is 5.44. The topological polar surface area (TPSA) is 102 Å². The Labute approximate surface area is 214 Å². The number of rotatable bonds is 10. The predicted molar refractivity (Wildman–Crippen MR) is 139 cm³/mol. The molecule has 3 aromatic rings. The zero-order valence-corrected chi connectivity index (χ0v) is 21.4. The largest absolute Gasteiger partial charge is 0.507 e. The zero-order valence-electron chi connectivity index (χ0n) is 20.6. The van der Waals surface area contributed by atoms with Gasteiger partial charge in [0.1, 0.15) is 10.8 Å². The first-order valence-corrected chi connectivity index (χ1v) is 12.8.